The topological polar surface area (TPSA) is 16.4 Å². The summed E-state index contributed by atoms with van der Waals surface area (Å²) in [5.74, 6) is 0. The Kier molecular flexibility index (Phi) is 7.11. The molecule has 9 aromatic carbocycles. The van der Waals surface area contributed by atoms with E-state index in [1.807, 2.05) is 0 Å². The fraction of sp³-hybridized carbons (Fsp3) is 0.0189. The number of para-hydroxylation sites is 1. The molecule has 1 aromatic heterocycles. The molecule has 0 spiro atoms. The molecule has 0 saturated carbocycles. The van der Waals surface area contributed by atoms with Gasteiger partial charge < -0.3 is 9.32 Å². The highest BCUT2D eigenvalue weighted by atomic mass is 16.3. The van der Waals surface area contributed by atoms with Crippen LogP contribution in [0.2, 0.25) is 0 Å². The van der Waals surface area contributed by atoms with Gasteiger partial charge in [0.2, 0.25) is 0 Å². The van der Waals surface area contributed by atoms with Gasteiger partial charge in [-0.3, -0.25) is 0 Å². The van der Waals surface area contributed by atoms with Crippen molar-refractivity contribution >= 4 is 49.8 Å². The lowest BCUT2D eigenvalue weighted by Gasteiger charge is -2.35. The van der Waals surface area contributed by atoms with E-state index in [2.05, 4.69) is 217 Å². The second-order valence-corrected chi connectivity index (χ2v) is 14.4. The Hall–Kier alpha value is -7.16. The van der Waals surface area contributed by atoms with Gasteiger partial charge in [0, 0.05) is 33.4 Å². The van der Waals surface area contributed by atoms with Gasteiger partial charge >= 0.3 is 0 Å². The van der Waals surface area contributed by atoms with E-state index >= 15 is 0 Å². The number of rotatable bonds is 6. The second kappa shape index (κ2) is 12.5. The zero-order valence-electron chi connectivity index (χ0n) is 30.1. The van der Waals surface area contributed by atoms with E-state index in [4.69, 9.17) is 4.42 Å². The van der Waals surface area contributed by atoms with E-state index in [-0.39, 0.29) is 0 Å². The summed E-state index contributed by atoms with van der Waals surface area (Å²) in [4.78, 5) is 2.39. The summed E-state index contributed by atoms with van der Waals surface area (Å²) in [5.41, 5.74) is 14.4. The first kappa shape index (κ1) is 31.4. The van der Waals surface area contributed by atoms with Gasteiger partial charge in [0.1, 0.15) is 11.2 Å². The third kappa shape index (κ3) is 4.75. The van der Waals surface area contributed by atoms with E-state index < -0.39 is 5.41 Å². The lowest BCUT2D eigenvalue weighted by Crippen LogP contribution is -2.28. The summed E-state index contributed by atoms with van der Waals surface area (Å²) in [5, 5.41) is 4.61. The van der Waals surface area contributed by atoms with Gasteiger partial charge in [-0.1, -0.05) is 164 Å². The standard InChI is InChI=1S/C53H35NO/c1-4-17-36(18-5-1)46-33-37-19-10-11-26-43(37)51-47-35-42(31-32-50(47)55-52(46)51)54(40-23-8-3-9-24-40)41-25-16-22-39(34-41)53(38-20-6-2-7-21-38)48-29-14-12-27-44(48)45-28-13-15-30-49(45)53/h1-35H. The highest BCUT2D eigenvalue weighted by Crippen LogP contribution is 2.56. The molecule has 258 valence electrons. The SMILES string of the molecule is c1ccc(-c2cc3ccccc3c3c2oc2ccc(N(c4ccccc4)c4cccc(C5(c6ccccc6)c6ccccc6-c6ccccc65)c4)cc23)cc1. The summed E-state index contributed by atoms with van der Waals surface area (Å²) in [6, 6.07) is 76.9. The molecule has 0 saturated heterocycles. The predicted octanol–water partition coefficient (Wildman–Crippen LogP) is 14.2. The van der Waals surface area contributed by atoms with E-state index in [1.165, 1.54) is 44.2 Å². The van der Waals surface area contributed by atoms with Crippen LogP contribution in [-0.2, 0) is 5.41 Å². The molecule has 0 amide bonds. The minimum atomic E-state index is -0.496. The summed E-state index contributed by atoms with van der Waals surface area (Å²) >= 11 is 0. The Labute approximate surface area is 320 Å². The van der Waals surface area contributed by atoms with Crippen LogP contribution in [0, 0.1) is 0 Å². The van der Waals surface area contributed by atoms with E-state index in [0.717, 1.165) is 50.1 Å². The van der Waals surface area contributed by atoms with Crippen molar-refractivity contribution < 1.29 is 4.42 Å². The first-order chi connectivity index (χ1) is 27.3. The van der Waals surface area contributed by atoms with Crippen LogP contribution < -0.4 is 4.90 Å². The average molecular weight is 702 g/mol. The maximum Gasteiger partial charge on any atom is 0.143 e. The molecule has 1 heterocycles. The van der Waals surface area contributed by atoms with Gasteiger partial charge in [0.25, 0.3) is 0 Å². The molecule has 0 N–H and O–H groups in total. The molecular weight excluding hydrogens is 667 g/mol. The normalized spacial score (nSPS) is 12.9. The highest BCUT2D eigenvalue weighted by molar-refractivity contribution is 6.23. The number of nitrogens with zero attached hydrogens (tertiary/aromatic N) is 1. The van der Waals surface area contributed by atoms with Crippen LogP contribution in [0.1, 0.15) is 22.3 Å². The Morgan fingerprint density at radius 2 is 0.964 bits per heavy atom. The molecule has 0 aliphatic heterocycles. The van der Waals surface area contributed by atoms with Crippen molar-refractivity contribution in [1.82, 2.24) is 0 Å². The quantitative estimate of drug-likeness (QED) is 0.172. The Bertz CT molecular complexity index is 2990. The van der Waals surface area contributed by atoms with Crippen molar-refractivity contribution in [2.75, 3.05) is 4.90 Å². The fourth-order valence-corrected chi connectivity index (χ4v) is 9.20. The van der Waals surface area contributed by atoms with Crippen molar-refractivity contribution in [3.63, 3.8) is 0 Å². The molecular formula is C53H35NO. The number of hydrogen-bond acceptors (Lipinski definition) is 2. The first-order valence-corrected chi connectivity index (χ1v) is 18.9. The zero-order valence-corrected chi connectivity index (χ0v) is 30.1. The Morgan fingerprint density at radius 1 is 0.382 bits per heavy atom. The molecule has 0 atom stereocenters. The van der Waals surface area contributed by atoms with Gasteiger partial charge in [-0.2, -0.15) is 0 Å². The highest BCUT2D eigenvalue weighted by Gasteiger charge is 2.46. The number of fused-ring (bicyclic) bond motifs is 8. The Morgan fingerprint density at radius 3 is 1.71 bits per heavy atom. The molecule has 0 bridgehead atoms. The van der Waals surface area contributed by atoms with Gasteiger partial charge in [-0.15, -0.1) is 0 Å². The van der Waals surface area contributed by atoms with Crippen LogP contribution >= 0.6 is 0 Å². The summed E-state index contributed by atoms with van der Waals surface area (Å²) < 4.78 is 6.79. The third-order valence-electron chi connectivity index (χ3n) is 11.5. The molecule has 1 aliphatic carbocycles. The van der Waals surface area contributed by atoms with E-state index in [0.29, 0.717) is 0 Å². The van der Waals surface area contributed by atoms with Crippen molar-refractivity contribution in [3.05, 3.63) is 235 Å². The van der Waals surface area contributed by atoms with E-state index in [9.17, 15) is 0 Å². The van der Waals surface area contributed by atoms with Crippen molar-refractivity contribution in [1.29, 1.82) is 0 Å². The van der Waals surface area contributed by atoms with Crippen LogP contribution in [0.3, 0.4) is 0 Å². The molecule has 11 rings (SSSR count). The van der Waals surface area contributed by atoms with Gasteiger partial charge in [-0.05, 0) is 98.2 Å². The minimum absolute atomic E-state index is 0.496. The number of benzene rings is 9. The lowest BCUT2D eigenvalue weighted by atomic mass is 9.67. The number of hydrogen-bond donors (Lipinski definition) is 0. The van der Waals surface area contributed by atoms with E-state index in [1.54, 1.807) is 0 Å². The lowest BCUT2D eigenvalue weighted by molar-refractivity contribution is 0.670. The molecule has 55 heavy (non-hydrogen) atoms. The van der Waals surface area contributed by atoms with Gasteiger partial charge in [-0.25, -0.2) is 0 Å². The summed E-state index contributed by atoms with van der Waals surface area (Å²) in [6.45, 7) is 0. The smallest absolute Gasteiger partial charge is 0.143 e. The molecule has 0 radical (unpaired) electrons. The summed E-state index contributed by atoms with van der Waals surface area (Å²) in [6.07, 6.45) is 0. The van der Waals surface area contributed by atoms with Crippen LogP contribution in [0.15, 0.2) is 217 Å². The maximum atomic E-state index is 6.79. The van der Waals surface area contributed by atoms with Crippen molar-refractivity contribution in [3.8, 4) is 22.3 Å². The minimum Gasteiger partial charge on any atom is -0.455 e. The van der Waals surface area contributed by atoms with Crippen molar-refractivity contribution in [2.45, 2.75) is 5.41 Å². The maximum absolute atomic E-state index is 6.79. The van der Waals surface area contributed by atoms with Crippen LogP contribution in [0.25, 0.3) is 55.0 Å². The fourth-order valence-electron chi connectivity index (χ4n) is 9.20. The van der Waals surface area contributed by atoms with Crippen LogP contribution in [0.5, 0.6) is 0 Å². The summed E-state index contributed by atoms with van der Waals surface area (Å²) in [7, 11) is 0. The largest absolute Gasteiger partial charge is 0.455 e. The number of furan rings is 1. The third-order valence-corrected chi connectivity index (χ3v) is 11.5. The second-order valence-electron chi connectivity index (χ2n) is 14.4. The van der Waals surface area contributed by atoms with Gasteiger partial charge in [0.05, 0.1) is 5.41 Å². The molecule has 1 aliphatic rings. The Balaban J connectivity index is 1.16. The molecule has 2 heteroatoms. The van der Waals surface area contributed by atoms with Crippen LogP contribution in [-0.4, -0.2) is 0 Å². The zero-order chi connectivity index (χ0) is 36.3. The van der Waals surface area contributed by atoms with Crippen LogP contribution in [0.4, 0.5) is 17.1 Å². The molecule has 0 unspecified atom stereocenters. The molecule has 2 nitrogen and oxygen atoms in total. The first-order valence-electron chi connectivity index (χ1n) is 18.9. The van der Waals surface area contributed by atoms with Crippen molar-refractivity contribution in [2.24, 2.45) is 0 Å². The van der Waals surface area contributed by atoms with Gasteiger partial charge in [0.15, 0.2) is 0 Å². The number of anilines is 3. The average Bonchev–Trinajstić information content (AvgIpc) is 3.79. The molecule has 10 aromatic rings. The predicted molar refractivity (Wildman–Crippen MR) is 229 cm³/mol. The molecule has 0 fully saturated rings. The monoisotopic (exact) mass is 701 g/mol.